The number of aromatic nitrogens is 2. The monoisotopic (exact) mass is 209 g/mol. The van der Waals surface area contributed by atoms with E-state index in [0.29, 0.717) is 5.25 Å². The molecule has 76 valence electrons. The largest absolute Gasteiger partial charge is 0.348 e. The lowest BCUT2D eigenvalue weighted by atomic mass is 9.84. The molecular formula is C10H15N3S. The van der Waals surface area contributed by atoms with Crippen molar-refractivity contribution in [3.8, 4) is 0 Å². The maximum Gasteiger partial charge on any atom is 0.0926 e. The smallest absolute Gasteiger partial charge is 0.0926 e. The normalized spacial score (nSPS) is 36.2. The summed E-state index contributed by atoms with van der Waals surface area (Å²) < 4.78 is 0. The summed E-state index contributed by atoms with van der Waals surface area (Å²) in [4.78, 5) is 7.78. The molecule has 4 heteroatoms. The second kappa shape index (κ2) is 3.00. The lowest BCUT2D eigenvalue weighted by Gasteiger charge is -2.36. The molecule has 0 saturated carbocycles. The lowest BCUT2D eigenvalue weighted by Crippen LogP contribution is -2.51. The van der Waals surface area contributed by atoms with E-state index in [9.17, 15) is 0 Å². The van der Waals surface area contributed by atoms with Gasteiger partial charge in [0, 0.05) is 23.9 Å². The van der Waals surface area contributed by atoms with Gasteiger partial charge in [-0.1, -0.05) is 6.92 Å². The van der Waals surface area contributed by atoms with Crippen LogP contribution in [0.1, 0.15) is 24.7 Å². The van der Waals surface area contributed by atoms with Crippen LogP contribution in [0.3, 0.4) is 0 Å². The second-order valence-corrected chi connectivity index (χ2v) is 5.59. The first-order valence-electron chi connectivity index (χ1n) is 5.22. The van der Waals surface area contributed by atoms with Crippen molar-refractivity contribution in [3.05, 3.63) is 17.7 Å². The summed E-state index contributed by atoms with van der Waals surface area (Å²) >= 11 is 2.05. The van der Waals surface area contributed by atoms with Crippen LogP contribution in [0.2, 0.25) is 0 Å². The Kier molecular flexibility index (Phi) is 1.89. The number of hydrogen-bond donors (Lipinski definition) is 2. The van der Waals surface area contributed by atoms with E-state index in [-0.39, 0.29) is 5.54 Å². The molecule has 1 spiro atoms. The van der Waals surface area contributed by atoms with Crippen molar-refractivity contribution in [2.75, 3.05) is 12.3 Å². The summed E-state index contributed by atoms with van der Waals surface area (Å²) in [5.74, 6) is 1.25. The van der Waals surface area contributed by atoms with Crippen molar-refractivity contribution in [1.82, 2.24) is 15.3 Å². The molecule has 3 heterocycles. The predicted octanol–water partition coefficient (Wildman–Crippen LogP) is 1.28. The fourth-order valence-corrected chi connectivity index (χ4v) is 4.07. The van der Waals surface area contributed by atoms with Gasteiger partial charge in [-0.05, 0) is 12.2 Å². The van der Waals surface area contributed by atoms with Crippen LogP contribution >= 0.6 is 11.8 Å². The highest BCUT2D eigenvalue weighted by Gasteiger charge is 2.46. The number of nitrogens with one attached hydrogen (secondary N) is 2. The average Bonchev–Trinajstić information content (AvgIpc) is 2.76. The van der Waals surface area contributed by atoms with Crippen molar-refractivity contribution in [2.24, 2.45) is 0 Å². The number of rotatable bonds is 0. The molecule has 2 unspecified atom stereocenters. The van der Waals surface area contributed by atoms with Gasteiger partial charge in [0.1, 0.15) is 0 Å². The van der Waals surface area contributed by atoms with Gasteiger partial charge in [0.05, 0.1) is 17.6 Å². The molecule has 0 aliphatic carbocycles. The van der Waals surface area contributed by atoms with Crippen molar-refractivity contribution in [2.45, 2.75) is 30.6 Å². The molecule has 1 aromatic heterocycles. The Labute approximate surface area is 88.1 Å². The Balaban J connectivity index is 2.10. The van der Waals surface area contributed by atoms with Gasteiger partial charge < -0.3 is 10.3 Å². The van der Waals surface area contributed by atoms with Crippen molar-refractivity contribution < 1.29 is 0 Å². The molecular weight excluding hydrogens is 194 g/mol. The minimum absolute atomic E-state index is 0.165. The number of imidazole rings is 1. The number of aromatic amines is 1. The van der Waals surface area contributed by atoms with Gasteiger partial charge in [0.15, 0.2) is 0 Å². The van der Waals surface area contributed by atoms with Crippen molar-refractivity contribution in [3.63, 3.8) is 0 Å². The van der Waals surface area contributed by atoms with Crippen LogP contribution in [0.25, 0.3) is 0 Å². The maximum atomic E-state index is 4.51. The van der Waals surface area contributed by atoms with Crippen LogP contribution in [-0.2, 0) is 12.0 Å². The first kappa shape index (κ1) is 8.80. The zero-order valence-corrected chi connectivity index (χ0v) is 9.16. The molecule has 2 aliphatic heterocycles. The quantitative estimate of drug-likeness (QED) is 0.676. The molecule has 2 atom stereocenters. The molecule has 1 fully saturated rings. The van der Waals surface area contributed by atoms with E-state index in [4.69, 9.17) is 0 Å². The van der Waals surface area contributed by atoms with Gasteiger partial charge in [-0.3, -0.25) is 0 Å². The number of thioether (sulfide) groups is 1. The average molecular weight is 209 g/mol. The molecule has 2 aliphatic rings. The fourth-order valence-electron chi connectivity index (χ4n) is 2.68. The molecule has 3 nitrogen and oxygen atoms in total. The van der Waals surface area contributed by atoms with E-state index < -0.39 is 0 Å². The van der Waals surface area contributed by atoms with Gasteiger partial charge in [-0.2, -0.15) is 11.8 Å². The number of hydrogen-bond acceptors (Lipinski definition) is 3. The third-order valence-corrected chi connectivity index (χ3v) is 4.86. The molecule has 14 heavy (non-hydrogen) atoms. The summed E-state index contributed by atoms with van der Waals surface area (Å²) in [7, 11) is 0. The van der Waals surface area contributed by atoms with Crippen molar-refractivity contribution >= 4 is 11.8 Å². The van der Waals surface area contributed by atoms with E-state index >= 15 is 0 Å². The van der Waals surface area contributed by atoms with Crippen LogP contribution in [0.4, 0.5) is 0 Å². The maximum absolute atomic E-state index is 4.51. The predicted molar refractivity (Wildman–Crippen MR) is 58.5 cm³/mol. The van der Waals surface area contributed by atoms with Crippen molar-refractivity contribution in [1.29, 1.82) is 0 Å². The first-order chi connectivity index (χ1) is 6.83. The Morgan fingerprint density at radius 3 is 3.36 bits per heavy atom. The first-order valence-corrected chi connectivity index (χ1v) is 6.27. The summed E-state index contributed by atoms with van der Waals surface area (Å²) in [6, 6.07) is 0. The van der Waals surface area contributed by atoms with E-state index in [0.717, 1.165) is 13.0 Å². The molecule has 0 amide bonds. The van der Waals surface area contributed by atoms with E-state index in [1.165, 1.54) is 23.6 Å². The molecule has 0 radical (unpaired) electrons. The SMILES string of the molecule is CC1SCCC12NCCc1[nH]cnc12. The van der Waals surface area contributed by atoms with Gasteiger partial charge >= 0.3 is 0 Å². The lowest BCUT2D eigenvalue weighted by molar-refractivity contribution is 0.308. The zero-order chi connectivity index (χ0) is 9.60. The number of H-pyrrole nitrogens is 1. The minimum atomic E-state index is 0.165. The second-order valence-electron chi connectivity index (χ2n) is 4.14. The van der Waals surface area contributed by atoms with Gasteiger partial charge in [-0.15, -0.1) is 0 Å². The summed E-state index contributed by atoms with van der Waals surface area (Å²) in [6.07, 6.45) is 4.15. The van der Waals surface area contributed by atoms with Crippen LogP contribution in [0, 0.1) is 0 Å². The van der Waals surface area contributed by atoms with E-state index in [1.807, 2.05) is 6.33 Å². The zero-order valence-electron chi connectivity index (χ0n) is 8.34. The van der Waals surface area contributed by atoms with E-state index in [1.54, 1.807) is 0 Å². The molecule has 0 aromatic carbocycles. The topological polar surface area (TPSA) is 40.7 Å². The highest BCUT2D eigenvalue weighted by atomic mass is 32.2. The van der Waals surface area contributed by atoms with Crippen LogP contribution in [-0.4, -0.2) is 27.5 Å². The third-order valence-electron chi connectivity index (χ3n) is 3.51. The van der Waals surface area contributed by atoms with Crippen LogP contribution < -0.4 is 5.32 Å². The molecule has 1 saturated heterocycles. The fraction of sp³-hybridized carbons (Fsp3) is 0.700. The Morgan fingerprint density at radius 2 is 2.57 bits per heavy atom. The van der Waals surface area contributed by atoms with Crippen LogP contribution in [0.15, 0.2) is 6.33 Å². The summed E-state index contributed by atoms with van der Waals surface area (Å²) in [5.41, 5.74) is 2.79. The number of fused-ring (bicyclic) bond motifs is 2. The highest BCUT2D eigenvalue weighted by Crippen LogP contribution is 2.44. The Morgan fingerprint density at radius 1 is 1.64 bits per heavy atom. The molecule has 0 bridgehead atoms. The number of nitrogens with zero attached hydrogens (tertiary/aromatic N) is 1. The van der Waals surface area contributed by atoms with Gasteiger partial charge in [0.2, 0.25) is 0 Å². The Bertz CT molecular complexity index is 349. The minimum Gasteiger partial charge on any atom is -0.348 e. The molecule has 2 N–H and O–H groups in total. The molecule has 1 aromatic rings. The van der Waals surface area contributed by atoms with Gasteiger partial charge in [0.25, 0.3) is 0 Å². The Hall–Kier alpha value is -0.480. The summed E-state index contributed by atoms with van der Waals surface area (Å²) in [5, 5.41) is 4.33. The third kappa shape index (κ3) is 1.01. The summed E-state index contributed by atoms with van der Waals surface area (Å²) in [6.45, 7) is 3.40. The van der Waals surface area contributed by atoms with E-state index in [2.05, 4.69) is 34.0 Å². The van der Waals surface area contributed by atoms with Crippen LogP contribution in [0.5, 0.6) is 0 Å². The molecule has 3 rings (SSSR count). The standard InChI is InChI=1S/C10H15N3S/c1-7-10(3-5-14-7)9-8(2-4-13-10)11-6-12-9/h6-7,13H,2-5H2,1H3,(H,11,12). The van der Waals surface area contributed by atoms with Gasteiger partial charge in [-0.25, -0.2) is 4.98 Å². The highest BCUT2D eigenvalue weighted by molar-refractivity contribution is 8.00.